The average Bonchev–Trinajstić information content (AvgIpc) is 3.23. The van der Waals surface area contributed by atoms with Crippen molar-refractivity contribution in [3.05, 3.63) is 68.2 Å². The number of carbonyl (C=O) groups excluding carboxylic acids is 2. The van der Waals surface area contributed by atoms with Gasteiger partial charge in [0.2, 0.25) is 5.91 Å². The molecule has 1 fully saturated rings. The van der Waals surface area contributed by atoms with E-state index in [1.165, 1.54) is 31.2 Å². The monoisotopic (exact) mass is 542 g/mol. The molecule has 4 nitrogen and oxygen atoms in total. The fraction of sp³-hybridized carbons (Fsp3) is 0.333. The molecule has 0 radical (unpaired) electrons. The SMILES string of the molecule is CCC(F)(F)CNC(=O)c1cc(C2(C(N)=O)C(c3cc(Cl)cc(Cl)c3)C2(Cl)Cl)ccc1Cl. The maximum Gasteiger partial charge on any atom is 0.264 e. The van der Waals surface area contributed by atoms with Gasteiger partial charge in [0, 0.05) is 22.4 Å². The normalized spacial score (nSPS) is 21.8. The minimum Gasteiger partial charge on any atom is -0.369 e. The molecular weight excluding hydrogens is 528 g/mol. The highest BCUT2D eigenvalue weighted by atomic mass is 35.5. The second kappa shape index (κ2) is 8.80. The minimum absolute atomic E-state index is 0.0107. The molecule has 2 amide bonds. The van der Waals surface area contributed by atoms with Gasteiger partial charge in [0.25, 0.3) is 11.8 Å². The Morgan fingerprint density at radius 2 is 1.69 bits per heavy atom. The Balaban J connectivity index is 2.05. The van der Waals surface area contributed by atoms with E-state index >= 15 is 0 Å². The maximum absolute atomic E-state index is 13.6. The van der Waals surface area contributed by atoms with Gasteiger partial charge in [0.1, 0.15) is 9.75 Å². The van der Waals surface area contributed by atoms with E-state index < -0.39 is 46.4 Å². The van der Waals surface area contributed by atoms with Crippen molar-refractivity contribution in [3.8, 4) is 0 Å². The average molecular weight is 545 g/mol. The topological polar surface area (TPSA) is 72.2 Å². The molecule has 0 saturated heterocycles. The molecule has 2 aromatic rings. The number of nitrogens with two attached hydrogens (primary N) is 1. The summed E-state index contributed by atoms with van der Waals surface area (Å²) in [6.45, 7) is 0.425. The molecule has 0 bridgehead atoms. The molecule has 32 heavy (non-hydrogen) atoms. The van der Waals surface area contributed by atoms with Crippen LogP contribution in [-0.4, -0.2) is 28.6 Å². The minimum atomic E-state index is -3.08. The van der Waals surface area contributed by atoms with Gasteiger partial charge < -0.3 is 11.1 Å². The van der Waals surface area contributed by atoms with Crippen LogP contribution in [-0.2, 0) is 10.2 Å². The molecule has 1 aliphatic carbocycles. The second-order valence-corrected chi connectivity index (χ2v) is 10.2. The van der Waals surface area contributed by atoms with Crippen LogP contribution in [0.4, 0.5) is 8.78 Å². The van der Waals surface area contributed by atoms with E-state index in [1.807, 2.05) is 0 Å². The van der Waals surface area contributed by atoms with E-state index in [0.29, 0.717) is 15.6 Å². The number of primary amides is 1. The predicted molar refractivity (Wildman–Crippen MR) is 124 cm³/mol. The Labute approximate surface area is 208 Å². The summed E-state index contributed by atoms with van der Waals surface area (Å²) in [4.78, 5) is 25.2. The van der Waals surface area contributed by atoms with E-state index in [9.17, 15) is 18.4 Å². The third kappa shape index (κ3) is 4.28. The molecule has 1 aliphatic rings. The fourth-order valence-corrected chi connectivity index (χ4v) is 5.63. The first kappa shape index (κ1) is 25.3. The Morgan fingerprint density at radius 3 is 2.22 bits per heavy atom. The van der Waals surface area contributed by atoms with Crippen molar-refractivity contribution in [1.29, 1.82) is 0 Å². The number of carbonyl (C=O) groups is 2. The smallest absolute Gasteiger partial charge is 0.264 e. The lowest BCUT2D eigenvalue weighted by Crippen LogP contribution is -2.37. The fourth-order valence-electron chi connectivity index (χ4n) is 3.79. The molecule has 0 aromatic heterocycles. The molecule has 3 N–H and O–H groups in total. The largest absolute Gasteiger partial charge is 0.369 e. The lowest BCUT2D eigenvalue weighted by molar-refractivity contribution is -0.120. The number of hydrogen-bond donors (Lipinski definition) is 2. The summed E-state index contributed by atoms with van der Waals surface area (Å²) in [5.74, 6) is -5.62. The first-order valence-electron chi connectivity index (χ1n) is 9.37. The number of rotatable bonds is 7. The van der Waals surface area contributed by atoms with Gasteiger partial charge >= 0.3 is 0 Å². The van der Waals surface area contributed by atoms with Gasteiger partial charge in [-0.25, -0.2) is 8.78 Å². The van der Waals surface area contributed by atoms with E-state index in [4.69, 9.17) is 63.7 Å². The summed E-state index contributed by atoms with van der Waals surface area (Å²) in [7, 11) is 0. The van der Waals surface area contributed by atoms with Gasteiger partial charge in [-0.05, 0) is 41.5 Å². The van der Waals surface area contributed by atoms with Gasteiger partial charge in [-0.3, -0.25) is 9.59 Å². The number of amides is 2. The van der Waals surface area contributed by atoms with E-state index in [1.54, 1.807) is 12.1 Å². The van der Waals surface area contributed by atoms with Crippen molar-refractivity contribution in [3.63, 3.8) is 0 Å². The van der Waals surface area contributed by atoms with Crippen molar-refractivity contribution in [2.75, 3.05) is 6.54 Å². The van der Waals surface area contributed by atoms with Gasteiger partial charge in [-0.15, -0.1) is 0 Å². The Kier molecular flexibility index (Phi) is 6.96. The third-order valence-corrected chi connectivity index (χ3v) is 7.33. The van der Waals surface area contributed by atoms with Crippen molar-refractivity contribution >= 4 is 69.8 Å². The predicted octanol–water partition coefficient (Wildman–Crippen LogP) is 6.12. The summed E-state index contributed by atoms with van der Waals surface area (Å²) in [5.41, 5.74) is 4.63. The molecule has 3 rings (SSSR count). The zero-order valence-electron chi connectivity index (χ0n) is 16.5. The van der Waals surface area contributed by atoms with Crippen LogP contribution in [0.25, 0.3) is 0 Å². The van der Waals surface area contributed by atoms with Crippen LogP contribution >= 0.6 is 58.0 Å². The molecule has 2 aromatic carbocycles. The van der Waals surface area contributed by atoms with Crippen molar-refractivity contribution < 1.29 is 18.4 Å². The molecule has 0 heterocycles. The summed E-state index contributed by atoms with van der Waals surface area (Å²) >= 11 is 31.4. The first-order valence-corrected chi connectivity index (χ1v) is 11.3. The van der Waals surface area contributed by atoms with Crippen LogP contribution in [0.15, 0.2) is 36.4 Å². The standard InChI is InChI=1S/C21H17Cl5F2N2O2/c1-2-19(27,28)9-30-17(31)14-7-11(3-4-15(14)24)20(18(29)32)16(21(20,25)26)10-5-12(22)8-13(23)6-10/h3-8,16H,2,9H2,1H3,(H2,29,32)(H,30,31). The highest BCUT2D eigenvalue weighted by molar-refractivity contribution is 6.55. The first-order chi connectivity index (χ1) is 14.8. The number of nitrogens with one attached hydrogen (secondary N) is 1. The third-order valence-electron chi connectivity index (χ3n) is 5.54. The van der Waals surface area contributed by atoms with E-state index in [2.05, 4.69) is 5.32 Å². The molecule has 0 spiro atoms. The van der Waals surface area contributed by atoms with Crippen LogP contribution < -0.4 is 11.1 Å². The zero-order valence-corrected chi connectivity index (χ0v) is 20.3. The van der Waals surface area contributed by atoms with Gasteiger partial charge in [-0.2, -0.15) is 0 Å². The Morgan fingerprint density at radius 1 is 1.09 bits per heavy atom. The molecule has 2 atom stereocenters. The van der Waals surface area contributed by atoms with Crippen LogP contribution in [0.1, 0.15) is 40.7 Å². The summed E-state index contributed by atoms with van der Waals surface area (Å²) in [6, 6.07) is 8.69. The second-order valence-electron chi connectivity index (χ2n) is 7.52. The zero-order chi connectivity index (χ0) is 24.1. The molecule has 1 saturated carbocycles. The maximum atomic E-state index is 13.6. The van der Waals surface area contributed by atoms with Gasteiger partial charge in [0.05, 0.1) is 17.1 Å². The van der Waals surface area contributed by atoms with Gasteiger partial charge in [0.15, 0.2) is 0 Å². The lowest BCUT2D eigenvalue weighted by Gasteiger charge is -2.18. The Hall–Kier alpha value is -1.31. The highest BCUT2D eigenvalue weighted by Gasteiger charge is 2.80. The van der Waals surface area contributed by atoms with Crippen LogP contribution in [0.3, 0.4) is 0 Å². The van der Waals surface area contributed by atoms with E-state index in [-0.39, 0.29) is 16.1 Å². The summed E-state index contributed by atoms with van der Waals surface area (Å²) < 4.78 is 25.4. The van der Waals surface area contributed by atoms with Gasteiger partial charge in [-0.1, -0.05) is 71.0 Å². The summed E-state index contributed by atoms with van der Waals surface area (Å²) in [5, 5.41) is 2.74. The number of halogens is 7. The summed E-state index contributed by atoms with van der Waals surface area (Å²) in [6.07, 6.45) is -0.448. The van der Waals surface area contributed by atoms with Crippen molar-refractivity contribution in [2.45, 2.75) is 34.9 Å². The van der Waals surface area contributed by atoms with E-state index in [0.717, 1.165) is 0 Å². The van der Waals surface area contributed by atoms with Crippen LogP contribution in [0.5, 0.6) is 0 Å². The van der Waals surface area contributed by atoms with Crippen molar-refractivity contribution in [2.24, 2.45) is 5.73 Å². The lowest BCUT2D eigenvalue weighted by atomic mass is 9.88. The van der Waals surface area contributed by atoms with Crippen LogP contribution in [0.2, 0.25) is 15.1 Å². The number of alkyl halides is 4. The number of benzene rings is 2. The molecule has 0 aliphatic heterocycles. The molecule has 172 valence electrons. The molecular formula is C21H17Cl5F2N2O2. The van der Waals surface area contributed by atoms with Crippen molar-refractivity contribution in [1.82, 2.24) is 5.32 Å². The van der Waals surface area contributed by atoms with Crippen LogP contribution in [0, 0.1) is 0 Å². The molecule has 11 heteroatoms. The highest BCUT2D eigenvalue weighted by Crippen LogP contribution is 2.74. The Bertz CT molecular complexity index is 1080. The number of hydrogen-bond acceptors (Lipinski definition) is 2. The quantitative estimate of drug-likeness (QED) is 0.413. The molecule has 2 unspecified atom stereocenters.